The van der Waals surface area contributed by atoms with Gasteiger partial charge in [0.25, 0.3) is 0 Å². The summed E-state index contributed by atoms with van der Waals surface area (Å²) in [5, 5.41) is 14.1. The van der Waals surface area contributed by atoms with Gasteiger partial charge in [-0.3, -0.25) is 4.57 Å². The topological polar surface area (TPSA) is 46.4 Å². The fraction of sp³-hybridized carbons (Fsp3) is 0.0435. The third-order valence-electron chi connectivity index (χ3n) is 4.41. The first kappa shape index (κ1) is 19.4. The zero-order chi connectivity index (χ0) is 21.1. The van der Waals surface area contributed by atoms with Crippen molar-refractivity contribution in [3.8, 4) is 28.6 Å². The molecule has 0 aliphatic rings. The van der Waals surface area contributed by atoms with Crippen LogP contribution in [0.5, 0.6) is 11.6 Å². The zero-order valence-corrected chi connectivity index (χ0v) is 15.6. The third kappa shape index (κ3) is 4.25. The van der Waals surface area contributed by atoms with Crippen molar-refractivity contribution >= 4 is 11.4 Å². The fourth-order valence-corrected chi connectivity index (χ4v) is 3.17. The molecule has 0 bridgehead atoms. The minimum absolute atomic E-state index is 0.0674. The van der Waals surface area contributed by atoms with Gasteiger partial charge in [0.15, 0.2) is 0 Å². The van der Waals surface area contributed by atoms with Crippen LogP contribution in [-0.4, -0.2) is 16.0 Å². The number of aromatic hydroxyl groups is 1. The summed E-state index contributed by atoms with van der Waals surface area (Å²) < 4.78 is 43.6. The first-order chi connectivity index (χ1) is 14.4. The predicted octanol–water partition coefficient (Wildman–Crippen LogP) is 6.49. The first-order valence-corrected chi connectivity index (χ1v) is 9.09. The second-order valence-corrected chi connectivity index (χ2v) is 6.50. The molecule has 3 aromatic carbocycles. The van der Waals surface area contributed by atoms with Crippen molar-refractivity contribution in [3.05, 3.63) is 91.0 Å². The second-order valence-electron chi connectivity index (χ2n) is 6.50. The lowest BCUT2D eigenvalue weighted by molar-refractivity contribution is -0.274. The Morgan fingerprint density at radius 1 is 0.800 bits per heavy atom. The molecule has 4 rings (SSSR count). The van der Waals surface area contributed by atoms with Crippen LogP contribution in [-0.2, 0) is 0 Å². The van der Waals surface area contributed by atoms with Crippen molar-refractivity contribution in [3.63, 3.8) is 0 Å². The van der Waals surface area contributed by atoms with Crippen molar-refractivity contribution in [2.45, 2.75) is 6.36 Å². The molecule has 0 aliphatic carbocycles. The van der Waals surface area contributed by atoms with Crippen LogP contribution >= 0.6 is 0 Å². The van der Waals surface area contributed by atoms with Crippen LogP contribution in [0.3, 0.4) is 0 Å². The third-order valence-corrected chi connectivity index (χ3v) is 4.41. The Bertz CT molecular complexity index is 1140. The van der Waals surface area contributed by atoms with Gasteiger partial charge >= 0.3 is 6.36 Å². The SMILES string of the molecule is Oc1c(Nc2ccccc2)cc(-c2cccc(OC(F)(F)F)c2)n1-c1ccccc1. The van der Waals surface area contributed by atoms with Gasteiger partial charge < -0.3 is 15.2 Å². The summed E-state index contributed by atoms with van der Waals surface area (Å²) in [7, 11) is 0. The number of hydrogen-bond donors (Lipinski definition) is 2. The van der Waals surface area contributed by atoms with E-state index in [1.807, 2.05) is 48.5 Å². The Kier molecular flexibility index (Phi) is 5.10. The highest BCUT2D eigenvalue weighted by Crippen LogP contribution is 2.39. The van der Waals surface area contributed by atoms with E-state index >= 15 is 0 Å². The summed E-state index contributed by atoms with van der Waals surface area (Å²) in [5.41, 5.74) is 2.80. The summed E-state index contributed by atoms with van der Waals surface area (Å²) >= 11 is 0. The van der Waals surface area contributed by atoms with Crippen LogP contribution in [0.15, 0.2) is 91.0 Å². The summed E-state index contributed by atoms with van der Waals surface area (Å²) in [6, 6.07) is 25.7. The zero-order valence-electron chi connectivity index (χ0n) is 15.6. The molecule has 0 spiro atoms. The van der Waals surface area contributed by atoms with Gasteiger partial charge in [-0.25, -0.2) is 0 Å². The quantitative estimate of drug-likeness (QED) is 0.395. The van der Waals surface area contributed by atoms with E-state index in [4.69, 9.17) is 0 Å². The Hall–Kier alpha value is -3.87. The van der Waals surface area contributed by atoms with Crippen LogP contribution in [0.4, 0.5) is 24.5 Å². The molecule has 0 unspecified atom stereocenters. The van der Waals surface area contributed by atoms with E-state index in [9.17, 15) is 18.3 Å². The van der Waals surface area contributed by atoms with Crippen molar-refractivity contribution in [2.75, 3.05) is 5.32 Å². The lowest BCUT2D eigenvalue weighted by Crippen LogP contribution is -2.17. The number of para-hydroxylation sites is 2. The number of benzene rings is 3. The van der Waals surface area contributed by atoms with E-state index in [1.54, 1.807) is 28.8 Å². The smallest absolute Gasteiger partial charge is 0.493 e. The molecule has 1 aromatic heterocycles. The minimum atomic E-state index is -4.79. The lowest BCUT2D eigenvalue weighted by Gasteiger charge is -2.13. The normalized spacial score (nSPS) is 11.3. The number of halogens is 3. The van der Waals surface area contributed by atoms with Gasteiger partial charge in [-0.15, -0.1) is 13.2 Å². The van der Waals surface area contributed by atoms with Gasteiger partial charge in [-0.2, -0.15) is 0 Å². The molecular formula is C23H17F3N2O2. The summed E-state index contributed by atoms with van der Waals surface area (Å²) in [4.78, 5) is 0. The largest absolute Gasteiger partial charge is 0.573 e. The average Bonchev–Trinajstić information content (AvgIpc) is 3.04. The van der Waals surface area contributed by atoms with E-state index in [0.29, 0.717) is 22.6 Å². The lowest BCUT2D eigenvalue weighted by atomic mass is 10.1. The Labute approximate surface area is 170 Å². The number of hydrogen-bond acceptors (Lipinski definition) is 3. The highest BCUT2D eigenvalue weighted by atomic mass is 19.4. The molecule has 0 fully saturated rings. The summed E-state index contributed by atoms with van der Waals surface area (Å²) in [5.74, 6) is -0.403. The van der Waals surface area contributed by atoms with E-state index in [0.717, 1.165) is 5.69 Å². The first-order valence-electron chi connectivity index (χ1n) is 9.09. The number of ether oxygens (including phenoxy) is 1. The highest BCUT2D eigenvalue weighted by Gasteiger charge is 2.31. The molecule has 152 valence electrons. The van der Waals surface area contributed by atoms with E-state index in [1.165, 1.54) is 18.2 Å². The van der Waals surface area contributed by atoms with Gasteiger partial charge in [0.1, 0.15) is 11.4 Å². The minimum Gasteiger partial charge on any atom is -0.493 e. The van der Waals surface area contributed by atoms with Crippen LogP contribution < -0.4 is 10.1 Å². The van der Waals surface area contributed by atoms with Gasteiger partial charge in [0, 0.05) is 16.9 Å². The second kappa shape index (κ2) is 7.87. The van der Waals surface area contributed by atoms with Gasteiger partial charge in [0.05, 0.1) is 5.69 Å². The number of nitrogens with one attached hydrogen (secondary N) is 1. The van der Waals surface area contributed by atoms with Gasteiger partial charge in [0.2, 0.25) is 5.88 Å². The summed E-state index contributed by atoms with van der Waals surface area (Å²) in [6.07, 6.45) is -4.79. The maximum absolute atomic E-state index is 12.7. The maximum Gasteiger partial charge on any atom is 0.573 e. The standard InChI is InChI=1S/C23H17F3N2O2/c24-23(25,26)30-19-13-7-8-16(14-19)21-15-20(27-17-9-3-1-4-10-17)22(29)28(21)18-11-5-2-6-12-18/h1-15,27,29H. The molecule has 0 amide bonds. The molecule has 4 nitrogen and oxygen atoms in total. The van der Waals surface area contributed by atoms with Crippen molar-refractivity contribution < 1.29 is 23.0 Å². The molecule has 0 saturated carbocycles. The molecule has 1 heterocycles. The van der Waals surface area contributed by atoms with E-state index < -0.39 is 6.36 Å². The van der Waals surface area contributed by atoms with Crippen molar-refractivity contribution in [2.24, 2.45) is 0 Å². The van der Waals surface area contributed by atoms with Crippen molar-refractivity contribution in [1.82, 2.24) is 4.57 Å². The molecule has 0 atom stereocenters. The number of alkyl halides is 3. The molecule has 4 aromatic rings. The molecule has 0 saturated heterocycles. The molecule has 0 radical (unpaired) electrons. The van der Waals surface area contributed by atoms with Crippen LogP contribution in [0, 0.1) is 0 Å². The Balaban J connectivity index is 1.82. The molecule has 0 aliphatic heterocycles. The average molecular weight is 410 g/mol. The molecular weight excluding hydrogens is 393 g/mol. The number of anilines is 2. The van der Waals surface area contributed by atoms with Gasteiger partial charge in [-0.05, 0) is 42.5 Å². The summed E-state index contributed by atoms with van der Waals surface area (Å²) in [6.45, 7) is 0. The maximum atomic E-state index is 12.7. The molecule has 30 heavy (non-hydrogen) atoms. The number of aromatic nitrogens is 1. The monoisotopic (exact) mass is 410 g/mol. The van der Waals surface area contributed by atoms with Crippen LogP contribution in [0.2, 0.25) is 0 Å². The number of rotatable bonds is 5. The van der Waals surface area contributed by atoms with E-state index in [-0.39, 0.29) is 11.6 Å². The van der Waals surface area contributed by atoms with Crippen LogP contribution in [0.1, 0.15) is 0 Å². The molecule has 2 N–H and O–H groups in total. The Morgan fingerprint density at radius 2 is 1.47 bits per heavy atom. The predicted molar refractivity (Wildman–Crippen MR) is 109 cm³/mol. The molecule has 7 heteroatoms. The van der Waals surface area contributed by atoms with Crippen LogP contribution in [0.25, 0.3) is 16.9 Å². The fourth-order valence-electron chi connectivity index (χ4n) is 3.17. The van der Waals surface area contributed by atoms with E-state index in [2.05, 4.69) is 10.1 Å². The van der Waals surface area contributed by atoms with Gasteiger partial charge in [-0.1, -0.05) is 48.5 Å². The highest BCUT2D eigenvalue weighted by molar-refractivity contribution is 5.77. The number of nitrogens with zero attached hydrogens (tertiary/aromatic N) is 1. The van der Waals surface area contributed by atoms with Crippen molar-refractivity contribution in [1.29, 1.82) is 0 Å². The Morgan fingerprint density at radius 3 is 2.13 bits per heavy atom.